The number of ether oxygens (including phenoxy) is 4. The molecule has 0 rings (SSSR count). The number of esters is 4. The van der Waals surface area contributed by atoms with Crippen LogP contribution in [0, 0.1) is 11.8 Å². The first kappa shape index (κ1) is 105. The van der Waals surface area contributed by atoms with Gasteiger partial charge in [-0.3, -0.25) is 37.3 Å². The van der Waals surface area contributed by atoms with Crippen molar-refractivity contribution in [3.05, 3.63) is 0 Å². The van der Waals surface area contributed by atoms with Crippen molar-refractivity contribution in [3.63, 3.8) is 0 Å². The van der Waals surface area contributed by atoms with Crippen LogP contribution in [0.25, 0.3) is 0 Å². The zero-order valence-electron chi connectivity index (χ0n) is 70.5. The largest absolute Gasteiger partial charge is 0.472 e. The SMILES string of the molecule is CCCCCCCCCCCCCCCCCCCCCC(=O)OC[C@H](COP(=O)(O)OC[C@@H](O)COP(=O)(O)OC[C@@H](COC(=O)CCCCCCCCCCCCC)OC(=O)CCCCCCCCCCCCCCCCC(C)CC)OC(=O)CCCCCCCCCCCCCCCCCCC(C)C. The summed E-state index contributed by atoms with van der Waals surface area (Å²) < 4.78 is 69.0. The van der Waals surface area contributed by atoms with Crippen molar-refractivity contribution in [3.8, 4) is 0 Å². The quantitative estimate of drug-likeness (QED) is 0.0222. The van der Waals surface area contributed by atoms with Gasteiger partial charge in [-0.15, -0.1) is 0 Å². The first-order valence-corrected chi connectivity index (χ1v) is 48.5. The number of carbonyl (C=O) groups excluding carboxylic acids is 4. The fourth-order valence-corrected chi connectivity index (χ4v) is 15.3. The molecule has 0 saturated heterocycles. The number of unbranched alkanes of at least 4 members (excludes halogenated alkanes) is 56. The summed E-state index contributed by atoms with van der Waals surface area (Å²) in [7, 11) is -9.93. The van der Waals surface area contributed by atoms with E-state index < -0.39 is 97.5 Å². The Morgan fingerprint density at radius 3 is 0.710 bits per heavy atom. The molecule has 0 bridgehead atoms. The zero-order chi connectivity index (χ0) is 78.5. The molecular weight excluding hydrogens is 1390 g/mol. The summed E-state index contributed by atoms with van der Waals surface area (Å²) in [4.78, 5) is 73.3. The summed E-state index contributed by atoms with van der Waals surface area (Å²) in [6.45, 7) is 9.77. The molecule has 0 aromatic rings. The standard InChI is InChI=1S/C88H172O17P2/c1-7-10-12-14-16-18-20-21-22-23-24-25-29-35-41-47-53-59-65-71-86(91)99-77-84(105-87(92)72-66-60-54-48-42-36-30-27-26-28-33-39-44-50-56-62-68-80(4)5)79-103-107(96,97)101-75-82(89)74-100-106(94,95)102-78-83(76-98-85(90)70-64-58-52-46-38-19-17-15-13-11-8-2)104-88(93)73-67-61-55-49-43-37-32-31-34-40-45-51-57-63-69-81(6)9-3/h80-84,89H,7-79H2,1-6H3,(H,94,95)(H,96,97)/t81?,82-,83+,84+/m0/s1. The van der Waals surface area contributed by atoms with Crippen molar-refractivity contribution in [2.45, 2.75) is 490 Å². The van der Waals surface area contributed by atoms with E-state index in [1.165, 1.54) is 289 Å². The molecule has 0 saturated carbocycles. The van der Waals surface area contributed by atoms with E-state index in [1.54, 1.807) is 0 Å². The number of phosphoric acid groups is 2. The zero-order valence-corrected chi connectivity index (χ0v) is 72.2. The number of aliphatic hydroxyl groups excluding tert-OH is 1. The van der Waals surface area contributed by atoms with Crippen molar-refractivity contribution >= 4 is 39.5 Å². The summed E-state index contributed by atoms with van der Waals surface area (Å²) in [5, 5.41) is 10.7. The Morgan fingerprint density at radius 1 is 0.271 bits per heavy atom. The third-order valence-corrected chi connectivity index (χ3v) is 23.0. The highest BCUT2D eigenvalue weighted by Crippen LogP contribution is 2.45. The summed E-state index contributed by atoms with van der Waals surface area (Å²) in [6, 6.07) is 0. The molecule has 0 fully saturated rings. The lowest BCUT2D eigenvalue weighted by molar-refractivity contribution is -0.161. The van der Waals surface area contributed by atoms with Gasteiger partial charge in [0.25, 0.3) is 0 Å². The topological polar surface area (TPSA) is 237 Å². The number of hydrogen-bond acceptors (Lipinski definition) is 15. The van der Waals surface area contributed by atoms with Crippen molar-refractivity contribution in [2.75, 3.05) is 39.6 Å². The van der Waals surface area contributed by atoms with Crippen LogP contribution < -0.4 is 0 Å². The minimum atomic E-state index is -4.97. The van der Waals surface area contributed by atoms with E-state index in [1.807, 2.05) is 0 Å². The molecule has 0 aliphatic rings. The van der Waals surface area contributed by atoms with E-state index in [9.17, 15) is 43.2 Å². The normalized spacial score (nSPS) is 14.0. The lowest BCUT2D eigenvalue weighted by Crippen LogP contribution is -2.30. The lowest BCUT2D eigenvalue weighted by Gasteiger charge is -2.21. The molecular formula is C88H172O17P2. The van der Waals surface area contributed by atoms with Crippen molar-refractivity contribution in [2.24, 2.45) is 11.8 Å². The number of rotatable bonds is 87. The van der Waals surface area contributed by atoms with Gasteiger partial charge in [0.15, 0.2) is 12.2 Å². The van der Waals surface area contributed by atoms with Gasteiger partial charge in [-0.2, -0.15) is 0 Å². The van der Waals surface area contributed by atoms with Crippen LogP contribution in [0.2, 0.25) is 0 Å². The predicted molar refractivity (Wildman–Crippen MR) is 442 cm³/mol. The Hall–Kier alpha value is -1.94. The third kappa shape index (κ3) is 80.5. The van der Waals surface area contributed by atoms with Crippen molar-refractivity contribution < 1.29 is 80.2 Å². The van der Waals surface area contributed by atoms with Gasteiger partial charge >= 0.3 is 39.5 Å². The Labute approximate surface area is 658 Å². The van der Waals surface area contributed by atoms with E-state index in [2.05, 4.69) is 41.5 Å². The van der Waals surface area contributed by atoms with Crippen LogP contribution in [0.3, 0.4) is 0 Å². The average Bonchev–Trinajstić information content (AvgIpc) is 0.901. The van der Waals surface area contributed by atoms with Gasteiger partial charge in [0.1, 0.15) is 19.3 Å². The molecule has 0 amide bonds. The molecule has 3 N–H and O–H groups in total. The van der Waals surface area contributed by atoms with Gasteiger partial charge in [-0.25, -0.2) is 9.13 Å². The molecule has 0 aromatic carbocycles. The van der Waals surface area contributed by atoms with Crippen molar-refractivity contribution in [1.82, 2.24) is 0 Å². The number of carbonyl (C=O) groups is 4. The smallest absolute Gasteiger partial charge is 0.462 e. The first-order valence-electron chi connectivity index (χ1n) is 45.5. The molecule has 0 aliphatic heterocycles. The molecule has 6 atom stereocenters. The number of aliphatic hydroxyl groups is 1. The molecule has 107 heavy (non-hydrogen) atoms. The van der Waals surface area contributed by atoms with Gasteiger partial charge in [0.2, 0.25) is 0 Å². The summed E-state index contributed by atoms with van der Waals surface area (Å²) in [6.07, 6.45) is 72.1. The molecule has 3 unspecified atom stereocenters. The van der Waals surface area contributed by atoms with Gasteiger partial charge in [0.05, 0.1) is 26.4 Å². The highest BCUT2D eigenvalue weighted by molar-refractivity contribution is 7.47. The van der Waals surface area contributed by atoms with Crippen LogP contribution in [-0.4, -0.2) is 96.7 Å². The fraction of sp³-hybridized carbons (Fsp3) is 0.955. The minimum absolute atomic E-state index is 0.108. The molecule has 0 aliphatic carbocycles. The second kappa shape index (κ2) is 79.3. The highest BCUT2D eigenvalue weighted by atomic mass is 31.2. The summed E-state index contributed by atoms with van der Waals surface area (Å²) in [5.74, 6) is -0.443. The Balaban J connectivity index is 5.24. The monoisotopic (exact) mass is 1560 g/mol. The maximum Gasteiger partial charge on any atom is 0.472 e. The second-order valence-corrected chi connectivity index (χ2v) is 35.3. The third-order valence-electron chi connectivity index (χ3n) is 21.1. The summed E-state index contributed by atoms with van der Waals surface area (Å²) >= 11 is 0. The van der Waals surface area contributed by atoms with Crippen LogP contribution in [0.5, 0.6) is 0 Å². The molecule has 0 heterocycles. The lowest BCUT2D eigenvalue weighted by atomic mass is 9.99. The fourth-order valence-electron chi connectivity index (χ4n) is 13.7. The Kier molecular flexibility index (Phi) is 77.9. The first-order chi connectivity index (χ1) is 51.9. The molecule has 0 spiro atoms. The van der Waals surface area contributed by atoms with Crippen LogP contribution in [-0.2, 0) is 65.4 Å². The van der Waals surface area contributed by atoms with Gasteiger partial charge < -0.3 is 33.8 Å². The van der Waals surface area contributed by atoms with Crippen LogP contribution in [0.4, 0.5) is 0 Å². The van der Waals surface area contributed by atoms with E-state index in [0.29, 0.717) is 25.7 Å². The van der Waals surface area contributed by atoms with E-state index in [-0.39, 0.29) is 25.7 Å². The minimum Gasteiger partial charge on any atom is -0.462 e. The number of hydrogen-bond donors (Lipinski definition) is 3. The Morgan fingerprint density at radius 2 is 0.477 bits per heavy atom. The Bertz CT molecular complexity index is 2050. The molecule has 636 valence electrons. The van der Waals surface area contributed by atoms with Gasteiger partial charge in [-0.1, -0.05) is 420 Å². The highest BCUT2D eigenvalue weighted by Gasteiger charge is 2.31. The maximum absolute atomic E-state index is 13.2. The van der Waals surface area contributed by atoms with E-state index in [0.717, 1.165) is 102 Å². The van der Waals surface area contributed by atoms with Gasteiger partial charge in [0, 0.05) is 25.7 Å². The molecule has 19 heteroatoms. The maximum atomic E-state index is 13.2. The predicted octanol–water partition coefficient (Wildman–Crippen LogP) is 27.0. The second-order valence-electron chi connectivity index (χ2n) is 32.4. The van der Waals surface area contributed by atoms with E-state index >= 15 is 0 Å². The molecule has 0 aromatic heterocycles. The average molecular weight is 1560 g/mol. The van der Waals surface area contributed by atoms with Crippen LogP contribution >= 0.6 is 15.6 Å². The van der Waals surface area contributed by atoms with Crippen LogP contribution in [0.15, 0.2) is 0 Å². The molecule has 0 radical (unpaired) electrons. The number of phosphoric ester groups is 2. The van der Waals surface area contributed by atoms with Crippen molar-refractivity contribution in [1.29, 1.82) is 0 Å². The summed E-state index contributed by atoms with van der Waals surface area (Å²) in [5.41, 5.74) is 0. The van der Waals surface area contributed by atoms with Gasteiger partial charge in [-0.05, 0) is 37.5 Å². The van der Waals surface area contributed by atoms with E-state index in [4.69, 9.17) is 37.0 Å². The van der Waals surface area contributed by atoms with Crippen LogP contribution in [0.1, 0.15) is 472 Å². The molecule has 17 nitrogen and oxygen atoms in total.